The Morgan fingerprint density at radius 2 is 1.83 bits per heavy atom. The number of aryl methyl sites for hydroxylation is 3. The normalized spacial score (nSPS) is 15.8. The fourth-order valence-corrected chi connectivity index (χ4v) is 5.82. The number of carbonyl (C=O) groups is 1. The van der Waals surface area contributed by atoms with Gasteiger partial charge >= 0.3 is 6.09 Å². The first-order chi connectivity index (χ1) is 20.0. The smallest absolute Gasteiger partial charge is 0.410 e. The highest BCUT2D eigenvalue weighted by atomic mass is 16.6. The highest BCUT2D eigenvalue weighted by molar-refractivity contribution is 5.90. The average Bonchev–Trinajstić information content (AvgIpc) is 3.21. The number of ether oxygens (including phenoxy) is 1. The van der Waals surface area contributed by atoms with Crippen LogP contribution in [-0.4, -0.2) is 67.4 Å². The van der Waals surface area contributed by atoms with Crippen LogP contribution in [0.15, 0.2) is 42.6 Å². The number of nitrogens with one attached hydrogen (secondary N) is 2. The van der Waals surface area contributed by atoms with E-state index in [1.807, 2.05) is 34.0 Å². The Hall–Kier alpha value is -4.18. The third-order valence-electron chi connectivity index (χ3n) is 7.98. The molecule has 4 aromatic rings. The number of para-hydroxylation sites is 1. The van der Waals surface area contributed by atoms with E-state index >= 15 is 0 Å². The number of rotatable bonds is 6. The SMILES string of the molecule is Cc1cccc(C)c1Nc1nn(C)c2nc(Nc3ccc4c(c3)CN(CC3CN(C(=O)OC(C)(C)C)C3)CC4)ncc12. The Morgan fingerprint density at radius 1 is 1.07 bits per heavy atom. The summed E-state index contributed by atoms with van der Waals surface area (Å²) in [6.45, 7) is 14.3. The van der Waals surface area contributed by atoms with Gasteiger partial charge in [-0.1, -0.05) is 24.3 Å². The molecule has 0 bridgehead atoms. The molecule has 0 spiro atoms. The van der Waals surface area contributed by atoms with Crippen molar-refractivity contribution in [2.24, 2.45) is 13.0 Å². The van der Waals surface area contributed by atoms with Gasteiger partial charge in [-0.25, -0.2) is 14.5 Å². The lowest BCUT2D eigenvalue weighted by atomic mass is 9.95. The van der Waals surface area contributed by atoms with Crippen molar-refractivity contribution < 1.29 is 9.53 Å². The van der Waals surface area contributed by atoms with E-state index in [-0.39, 0.29) is 6.09 Å². The Bertz CT molecular complexity index is 1610. The maximum atomic E-state index is 12.3. The van der Waals surface area contributed by atoms with Crippen LogP contribution < -0.4 is 10.6 Å². The number of anilines is 4. The number of carbonyl (C=O) groups excluding carboxylic acids is 1. The van der Waals surface area contributed by atoms with Gasteiger partial charge < -0.3 is 20.3 Å². The zero-order chi connectivity index (χ0) is 29.6. The molecule has 1 fully saturated rings. The van der Waals surface area contributed by atoms with Gasteiger partial charge in [0.05, 0.1) is 5.39 Å². The van der Waals surface area contributed by atoms with E-state index in [9.17, 15) is 4.79 Å². The van der Waals surface area contributed by atoms with Crippen LogP contribution >= 0.6 is 0 Å². The summed E-state index contributed by atoms with van der Waals surface area (Å²) in [6, 6.07) is 12.7. The lowest BCUT2D eigenvalue weighted by Gasteiger charge is -2.42. The van der Waals surface area contributed by atoms with Crippen molar-refractivity contribution in [2.75, 3.05) is 36.8 Å². The third kappa shape index (κ3) is 5.90. The number of fused-ring (bicyclic) bond motifs is 2. The first-order valence-electron chi connectivity index (χ1n) is 14.6. The van der Waals surface area contributed by atoms with Crippen molar-refractivity contribution in [3.8, 4) is 0 Å². The number of hydrogen-bond acceptors (Lipinski definition) is 8. The van der Waals surface area contributed by atoms with Crippen LogP contribution in [0.3, 0.4) is 0 Å². The number of amides is 1. The summed E-state index contributed by atoms with van der Waals surface area (Å²) in [5.74, 6) is 1.76. The van der Waals surface area contributed by atoms with Gasteiger partial charge in [-0.05, 0) is 75.4 Å². The van der Waals surface area contributed by atoms with E-state index in [1.165, 1.54) is 11.1 Å². The van der Waals surface area contributed by atoms with E-state index in [0.29, 0.717) is 11.9 Å². The molecule has 10 heteroatoms. The predicted octanol–water partition coefficient (Wildman–Crippen LogP) is 5.69. The van der Waals surface area contributed by atoms with Gasteiger partial charge in [0.2, 0.25) is 5.95 Å². The molecule has 2 N–H and O–H groups in total. The van der Waals surface area contributed by atoms with Crippen molar-refractivity contribution in [1.29, 1.82) is 0 Å². The zero-order valence-corrected chi connectivity index (χ0v) is 25.4. The highest BCUT2D eigenvalue weighted by Crippen LogP contribution is 2.30. The van der Waals surface area contributed by atoms with E-state index in [1.54, 1.807) is 9.58 Å². The number of benzene rings is 2. The van der Waals surface area contributed by atoms with Gasteiger partial charge in [-0.2, -0.15) is 10.1 Å². The summed E-state index contributed by atoms with van der Waals surface area (Å²) in [6.07, 6.45) is 2.64. The van der Waals surface area contributed by atoms with Crippen LogP contribution in [0.25, 0.3) is 11.0 Å². The zero-order valence-electron chi connectivity index (χ0n) is 25.4. The van der Waals surface area contributed by atoms with Crippen LogP contribution in [0.4, 0.5) is 27.9 Å². The van der Waals surface area contributed by atoms with Gasteiger partial charge in [-0.3, -0.25) is 4.90 Å². The van der Waals surface area contributed by atoms with Gasteiger partial charge in [0, 0.05) is 63.3 Å². The average molecular weight is 569 g/mol. The van der Waals surface area contributed by atoms with Crippen LogP contribution in [0.5, 0.6) is 0 Å². The molecule has 1 saturated heterocycles. The quantitative estimate of drug-likeness (QED) is 0.306. The summed E-state index contributed by atoms with van der Waals surface area (Å²) in [4.78, 5) is 26.0. The predicted molar refractivity (Wildman–Crippen MR) is 166 cm³/mol. The van der Waals surface area contributed by atoms with E-state index in [0.717, 1.165) is 78.5 Å². The van der Waals surface area contributed by atoms with Gasteiger partial charge in [0.25, 0.3) is 0 Å². The van der Waals surface area contributed by atoms with Crippen LogP contribution in [0.2, 0.25) is 0 Å². The van der Waals surface area contributed by atoms with Crippen LogP contribution in [-0.2, 0) is 24.8 Å². The van der Waals surface area contributed by atoms with Gasteiger partial charge in [0.1, 0.15) is 5.60 Å². The summed E-state index contributed by atoms with van der Waals surface area (Å²) < 4.78 is 7.29. The molecule has 1 amide bonds. The lowest BCUT2D eigenvalue weighted by molar-refractivity contribution is -0.00706. The molecule has 0 aliphatic carbocycles. The molecule has 6 rings (SSSR count). The number of likely N-dealkylation sites (tertiary alicyclic amines) is 1. The Labute approximate surface area is 247 Å². The molecule has 2 aromatic carbocycles. The fourth-order valence-electron chi connectivity index (χ4n) is 5.82. The van der Waals surface area contributed by atoms with Gasteiger partial charge in [0.15, 0.2) is 11.5 Å². The van der Waals surface area contributed by atoms with Crippen molar-refractivity contribution in [3.05, 3.63) is 64.8 Å². The Balaban J connectivity index is 1.10. The molecule has 220 valence electrons. The summed E-state index contributed by atoms with van der Waals surface area (Å²) >= 11 is 0. The molecule has 4 heterocycles. The molecule has 0 atom stereocenters. The number of nitrogens with zero attached hydrogens (tertiary/aromatic N) is 6. The van der Waals surface area contributed by atoms with Crippen molar-refractivity contribution in [1.82, 2.24) is 29.5 Å². The van der Waals surface area contributed by atoms with Crippen molar-refractivity contribution >= 4 is 40.3 Å². The molecule has 0 unspecified atom stereocenters. The largest absolute Gasteiger partial charge is 0.444 e. The summed E-state index contributed by atoms with van der Waals surface area (Å²) in [5.41, 5.74) is 7.34. The standard InChI is InChI=1S/C32H40N8O2/c1-20-8-7-9-21(2)27(20)35-28-26-15-33-30(36-29(26)38(6)37-28)34-25-11-10-23-12-13-39(19-24(23)14-25)16-22-17-40(18-22)31(41)42-32(3,4)5/h7-11,14-15,22H,12-13,16-19H2,1-6H3,(H,35,37)(H,33,34,36). The third-order valence-corrected chi connectivity index (χ3v) is 7.98. The molecule has 0 radical (unpaired) electrons. The fraction of sp³-hybridized carbons (Fsp3) is 0.438. The second-order valence-corrected chi connectivity index (χ2v) is 12.6. The first-order valence-corrected chi connectivity index (χ1v) is 14.6. The molecular weight excluding hydrogens is 528 g/mol. The maximum absolute atomic E-state index is 12.3. The van der Waals surface area contributed by atoms with Crippen LogP contribution in [0, 0.1) is 19.8 Å². The molecule has 0 saturated carbocycles. The topological polar surface area (TPSA) is 100 Å². The summed E-state index contributed by atoms with van der Waals surface area (Å²) in [7, 11) is 1.90. The first kappa shape index (κ1) is 28.0. The maximum Gasteiger partial charge on any atom is 0.410 e. The number of aromatic nitrogens is 4. The highest BCUT2D eigenvalue weighted by Gasteiger charge is 2.35. The minimum Gasteiger partial charge on any atom is -0.444 e. The minimum atomic E-state index is -0.458. The van der Waals surface area contributed by atoms with E-state index < -0.39 is 5.60 Å². The lowest BCUT2D eigenvalue weighted by Crippen LogP contribution is -2.55. The van der Waals surface area contributed by atoms with E-state index in [2.05, 4.69) is 75.9 Å². The molecule has 2 aliphatic heterocycles. The van der Waals surface area contributed by atoms with Crippen molar-refractivity contribution in [3.63, 3.8) is 0 Å². The second kappa shape index (κ2) is 10.9. The van der Waals surface area contributed by atoms with Crippen LogP contribution in [0.1, 0.15) is 43.0 Å². The molecular formula is C32H40N8O2. The second-order valence-electron chi connectivity index (χ2n) is 12.6. The Morgan fingerprint density at radius 3 is 2.57 bits per heavy atom. The number of hydrogen-bond donors (Lipinski definition) is 2. The molecule has 42 heavy (non-hydrogen) atoms. The monoisotopic (exact) mass is 568 g/mol. The Kier molecular flexibility index (Phi) is 7.26. The minimum absolute atomic E-state index is 0.209. The summed E-state index contributed by atoms with van der Waals surface area (Å²) in [5, 5.41) is 12.4. The molecule has 2 aromatic heterocycles. The van der Waals surface area contributed by atoms with Gasteiger partial charge in [-0.15, -0.1) is 0 Å². The van der Waals surface area contributed by atoms with E-state index in [4.69, 9.17) is 9.72 Å². The molecule has 2 aliphatic rings. The molecule has 10 nitrogen and oxygen atoms in total. The van der Waals surface area contributed by atoms with Crippen molar-refractivity contribution in [2.45, 2.75) is 53.2 Å².